The van der Waals surface area contributed by atoms with E-state index in [2.05, 4.69) is 27.3 Å². The molecule has 5 heterocycles. The smallest absolute Gasteiger partial charge is 0.256 e. The quantitative estimate of drug-likeness (QED) is 0.420. The summed E-state index contributed by atoms with van der Waals surface area (Å²) in [6.45, 7) is 3.92. The topological polar surface area (TPSA) is 75.8 Å². The average molecular weight is 455 g/mol. The van der Waals surface area contributed by atoms with E-state index in [1.54, 1.807) is 27.7 Å². The lowest BCUT2D eigenvalue weighted by molar-refractivity contribution is -0.130. The SMILES string of the molecule is Cc1cc(C)n2c(SCC(=O)N3N=C(c4cccs4)C[C@@H]3c3cccs3)nnc2n1. The number of hydrazone groups is 1. The monoisotopic (exact) mass is 454 g/mol. The second kappa shape index (κ2) is 7.93. The minimum absolute atomic E-state index is 0.0422. The number of amides is 1. The van der Waals surface area contributed by atoms with Gasteiger partial charge in [0, 0.05) is 22.7 Å². The lowest BCUT2D eigenvalue weighted by atomic mass is 10.1. The third-order valence-corrected chi connectivity index (χ3v) is 7.64. The minimum atomic E-state index is -0.0589. The second-order valence-electron chi connectivity index (χ2n) is 6.94. The van der Waals surface area contributed by atoms with Crippen molar-refractivity contribution in [1.29, 1.82) is 0 Å². The molecule has 0 unspecified atom stereocenters. The number of rotatable bonds is 5. The first-order valence-electron chi connectivity index (χ1n) is 9.39. The van der Waals surface area contributed by atoms with Crippen LogP contribution in [0.1, 0.15) is 33.6 Å². The van der Waals surface area contributed by atoms with Crippen LogP contribution in [0.3, 0.4) is 0 Å². The summed E-state index contributed by atoms with van der Waals surface area (Å²) < 4.78 is 1.88. The molecule has 10 heteroatoms. The summed E-state index contributed by atoms with van der Waals surface area (Å²) in [4.78, 5) is 19.8. The highest BCUT2D eigenvalue weighted by atomic mass is 32.2. The summed E-state index contributed by atoms with van der Waals surface area (Å²) >= 11 is 4.67. The number of thioether (sulfide) groups is 1. The van der Waals surface area contributed by atoms with Crippen LogP contribution in [0, 0.1) is 13.8 Å². The van der Waals surface area contributed by atoms with E-state index in [4.69, 9.17) is 5.10 Å². The number of fused-ring (bicyclic) bond motifs is 1. The summed E-state index contributed by atoms with van der Waals surface area (Å²) in [7, 11) is 0. The normalized spacial score (nSPS) is 16.4. The van der Waals surface area contributed by atoms with Crippen LogP contribution in [-0.2, 0) is 4.79 Å². The molecule has 4 aromatic heterocycles. The highest BCUT2D eigenvalue weighted by Crippen LogP contribution is 2.36. The molecule has 7 nitrogen and oxygen atoms in total. The Morgan fingerprint density at radius 1 is 1.20 bits per heavy atom. The number of nitrogens with zero attached hydrogens (tertiary/aromatic N) is 6. The molecule has 1 atom stereocenters. The summed E-state index contributed by atoms with van der Waals surface area (Å²) in [6, 6.07) is 10.1. The molecule has 0 spiro atoms. The number of carbonyl (C=O) groups excluding carboxylic acids is 1. The first kappa shape index (κ1) is 19.4. The van der Waals surface area contributed by atoms with Gasteiger partial charge in [0.25, 0.3) is 11.7 Å². The fourth-order valence-electron chi connectivity index (χ4n) is 3.52. The Kier molecular flexibility index (Phi) is 5.13. The van der Waals surface area contributed by atoms with Crippen LogP contribution >= 0.6 is 34.4 Å². The molecule has 0 fully saturated rings. The highest BCUT2D eigenvalue weighted by molar-refractivity contribution is 7.99. The van der Waals surface area contributed by atoms with E-state index in [-0.39, 0.29) is 17.7 Å². The number of aryl methyl sites for hydroxylation is 2. The van der Waals surface area contributed by atoms with E-state index in [1.807, 2.05) is 47.2 Å². The van der Waals surface area contributed by atoms with Crippen molar-refractivity contribution in [2.24, 2.45) is 5.10 Å². The standard InChI is InChI=1S/C20H18N6OS3/c1-12-9-13(2)25-19(21-12)22-23-20(25)30-11-18(27)26-15(17-6-4-8-29-17)10-14(24-26)16-5-3-7-28-16/h3-9,15H,10-11H2,1-2H3/t15-/m1/s1. The van der Waals surface area contributed by atoms with Crippen molar-refractivity contribution in [1.82, 2.24) is 24.6 Å². The molecule has 0 saturated carbocycles. The first-order chi connectivity index (χ1) is 14.6. The van der Waals surface area contributed by atoms with Gasteiger partial charge in [-0.2, -0.15) is 5.10 Å². The third kappa shape index (κ3) is 3.55. The Morgan fingerprint density at radius 2 is 2.03 bits per heavy atom. The number of hydrogen-bond donors (Lipinski definition) is 0. The number of thiophene rings is 2. The van der Waals surface area contributed by atoms with Crippen molar-refractivity contribution in [3.05, 3.63) is 62.2 Å². The third-order valence-electron chi connectivity index (χ3n) is 4.83. The van der Waals surface area contributed by atoms with E-state index in [9.17, 15) is 4.79 Å². The molecule has 152 valence electrons. The number of aromatic nitrogens is 4. The van der Waals surface area contributed by atoms with Crippen LogP contribution < -0.4 is 0 Å². The predicted octanol–water partition coefficient (Wildman–Crippen LogP) is 4.33. The van der Waals surface area contributed by atoms with Crippen molar-refractivity contribution in [2.75, 3.05) is 5.75 Å². The van der Waals surface area contributed by atoms with Crippen LogP contribution in [0.5, 0.6) is 0 Å². The fraction of sp³-hybridized carbons (Fsp3) is 0.250. The van der Waals surface area contributed by atoms with E-state index < -0.39 is 0 Å². The van der Waals surface area contributed by atoms with Crippen molar-refractivity contribution >= 4 is 51.8 Å². The highest BCUT2D eigenvalue weighted by Gasteiger charge is 2.34. The van der Waals surface area contributed by atoms with Gasteiger partial charge in [0.05, 0.1) is 22.4 Å². The molecule has 0 saturated heterocycles. The van der Waals surface area contributed by atoms with E-state index in [0.29, 0.717) is 10.9 Å². The van der Waals surface area contributed by atoms with Gasteiger partial charge in [-0.15, -0.1) is 32.9 Å². The molecule has 0 N–H and O–H groups in total. The van der Waals surface area contributed by atoms with Crippen LogP contribution in [0.2, 0.25) is 0 Å². The van der Waals surface area contributed by atoms with Crippen LogP contribution in [0.15, 0.2) is 51.3 Å². The largest absolute Gasteiger partial charge is 0.272 e. The van der Waals surface area contributed by atoms with E-state index in [1.165, 1.54) is 11.8 Å². The Hall–Kier alpha value is -2.56. The summed E-state index contributed by atoms with van der Waals surface area (Å²) in [5, 5.41) is 19.5. The summed E-state index contributed by atoms with van der Waals surface area (Å²) in [6.07, 6.45) is 0.730. The molecule has 4 aromatic rings. The molecule has 0 aliphatic carbocycles. The maximum absolute atomic E-state index is 13.2. The van der Waals surface area contributed by atoms with Gasteiger partial charge in [-0.05, 0) is 42.8 Å². The van der Waals surface area contributed by atoms with E-state index in [0.717, 1.165) is 33.3 Å². The molecule has 1 aliphatic heterocycles. The Labute approximate surface area is 185 Å². The molecule has 5 rings (SSSR count). The van der Waals surface area contributed by atoms with Crippen LogP contribution in [0.25, 0.3) is 5.78 Å². The van der Waals surface area contributed by atoms with Gasteiger partial charge in [0.2, 0.25) is 0 Å². The lowest BCUT2D eigenvalue weighted by Gasteiger charge is -2.20. The minimum Gasteiger partial charge on any atom is -0.272 e. The van der Waals surface area contributed by atoms with Gasteiger partial charge in [-0.3, -0.25) is 9.20 Å². The van der Waals surface area contributed by atoms with Gasteiger partial charge in [-0.1, -0.05) is 23.9 Å². The lowest BCUT2D eigenvalue weighted by Crippen LogP contribution is -2.28. The Balaban J connectivity index is 1.39. The van der Waals surface area contributed by atoms with Crippen molar-refractivity contribution < 1.29 is 4.79 Å². The van der Waals surface area contributed by atoms with Crippen molar-refractivity contribution in [3.63, 3.8) is 0 Å². The van der Waals surface area contributed by atoms with Crippen LogP contribution in [-0.4, -0.2) is 42.0 Å². The van der Waals surface area contributed by atoms with E-state index >= 15 is 0 Å². The molecular formula is C20H18N6OS3. The zero-order valence-electron chi connectivity index (χ0n) is 16.3. The maximum Gasteiger partial charge on any atom is 0.256 e. The molecule has 0 radical (unpaired) electrons. The average Bonchev–Trinajstić information content (AvgIpc) is 3.52. The predicted molar refractivity (Wildman–Crippen MR) is 120 cm³/mol. The number of carbonyl (C=O) groups is 1. The van der Waals surface area contributed by atoms with Crippen LogP contribution in [0.4, 0.5) is 0 Å². The summed E-state index contributed by atoms with van der Waals surface area (Å²) in [5.74, 6) is 0.745. The van der Waals surface area contributed by atoms with Crippen molar-refractivity contribution in [3.8, 4) is 0 Å². The molecule has 0 aromatic carbocycles. The van der Waals surface area contributed by atoms with Gasteiger partial charge in [0.1, 0.15) is 0 Å². The molecule has 1 amide bonds. The molecule has 0 bridgehead atoms. The zero-order chi connectivity index (χ0) is 20.7. The van der Waals surface area contributed by atoms with Gasteiger partial charge < -0.3 is 0 Å². The molecule has 30 heavy (non-hydrogen) atoms. The Bertz CT molecular complexity index is 1230. The maximum atomic E-state index is 13.2. The van der Waals surface area contributed by atoms with Gasteiger partial charge >= 0.3 is 0 Å². The Morgan fingerprint density at radius 3 is 2.80 bits per heavy atom. The second-order valence-corrected chi connectivity index (χ2v) is 9.81. The van der Waals surface area contributed by atoms with Gasteiger partial charge in [0.15, 0.2) is 5.16 Å². The van der Waals surface area contributed by atoms with Gasteiger partial charge in [-0.25, -0.2) is 9.99 Å². The molecule has 1 aliphatic rings. The number of hydrogen-bond acceptors (Lipinski definition) is 8. The first-order valence-corrected chi connectivity index (χ1v) is 12.1. The zero-order valence-corrected chi connectivity index (χ0v) is 18.8. The van der Waals surface area contributed by atoms with Crippen molar-refractivity contribution in [2.45, 2.75) is 31.5 Å². The fourth-order valence-corrected chi connectivity index (χ4v) is 5.89. The molecular weight excluding hydrogens is 436 g/mol. The summed E-state index contributed by atoms with van der Waals surface area (Å²) in [5.41, 5.74) is 2.85.